The molecule has 1 aliphatic rings. The van der Waals surface area contributed by atoms with Crippen LogP contribution in [0.25, 0.3) is 0 Å². The van der Waals surface area contributed by atoms with Gasteiger partial charge < -0.3 is 14.6 Å². The standard InChI is InChI=1S/C13H18O3/c14-9-11-5-1-2-6-12(11)10-16-13-7-3-4-8-15-13/h1-2,5-6,13-14H,3-4,7-10H2/t13-/m0/s1. The summed E-state index contributed by atoms with van der Waals surface area (Å²) in [6, 6.07) is 7.78. The van der Waals surface area contributed by atoms with Crippen LogP contribution in [-0.2, 0) is 22.7 Å². The fraction of sp³-hybridized carbons (Fsp3) is 0.538. The van der Waals surface area contributed by atoms with Gasteiger partial charge in [0.1, 0.15) is 0 Å². The molecule has 0 aliphatic carbocycles. The first-order valence-corrected chi connectivity index (χ1v) is 5.81. The molecule has 88 valence electrons. The molecule has 0 unspecified atom stereocenters. The van der Waals surface area contributed by atoms with Gasteiger partial charge >= 0.3 is 0 Å². The highest BCUT2D eigenvalue weighted by Crippen LogP contribution is 2.17. The fourth-order valence-electron chi connectivity index (χ4n) is 1.88. The van der Waals surface area contributed by atoms with Crippen molar-refractivity contribution < 1.29 is 14.6 Å². The zero-order valence-corrected chi connectivity index (χ0v) is 9.39. The molecule has 1 saturated heterocycles. The second kappa shape index (κ2) is 5.99. The van der Waals surface area contributed by atoms with Gasteiger partial charge in [-0.2, -0.15) is 0 Å². The van der Waals surface area contributed by atoms with Crippen LogP contribution >= 0.6 is 0 Å². The lowest BCUT2D eigenvalue weighted by atomic mass is 10.1. The molecule has 1 aromatic carbocycles. The second-order valence-electron chi connectivity index (χ2n) is 4.03. The average molecular weight is 222 g/mol. The number of hydrogen-bond acceptors (Lipinski definition) is 3. The zero-order valence-electron chi connectivity index (χ0n) is 9.39. The lowest BCUT2D eigenvalue weighted by molar-refractivity contribution is -0.169. The van der Waals surface area contributed by atoms with Crippen molar-refractivity contribution >= 4 is 0 Å². The van der Waals surface area contributed by atoms with Crippen LogP contribution in [0, 0.1) is 0 Å². The third-order valence-corrected chi connectivity index (χ3v) is 2.85. The van der Waals surface area contributed by atoms with Crippen LogP contribution in [0.5, 0.6) is 0 Å². The van der Waals surface area contributed by atoms with E-state index in [1.165, 1.54) is 6.42 Å². The third-order valence-electron chi connectivity index (χ3n) is 2.85. The van der Waals surface area contributed by atoms with Crippen molar-refractivity contribution in [2.24, 2.45) is 0 Å². The van der Waals surface area contributed by atoms with Crippen LogP contribution in [0.1, 0.15) is 30.4 Å². The van der Waals surface area contributed by atoms with Gasteiger partial charge in [0.25, 0.3) is 0 Å². The summed E-state index contributed by atoms with van der Waals surface area (Å²) >= 11 is 0. The molecule has 3 nitrogen and oxygen atoms in total. The first-order valence-electron chi connectivity index (χ1n) is 5.81. The van der Waals surface area contributed by atoms with E-state index in [1.807, 2.05) is 24.3 Å². The second-order valence-corrected chi connectivity index (χ2v) is 4.03. The molecule has 1 heterocycles. The molecular weight excluding hydrogens is 204 g/mol. The maximum atomic E-state index is 9.17. The lowest BCUT2D eigenvalue weighted by Crippen LogP contribution is -2.22. The molecule has 3 heteroatoms. The molecule has 1 N–H and O–H groups in total. The fourth-order valence-corrected chi connectivity index (χ4v) is 1.88. The van der Waals surface area contributed by atoms with E-state index in [4.69, 9.17) is 14.6 Å². The highest BCUT2D eigenvalue weighted by atomic mass is 16.7. The molecule has 0 spiro atoms. The van der Waals surface area contributed by atoms with E-state index in [9.17, 15) is 0 Å². The van der Waals surface area contributed by atoms with Crippen molar-refractivity contribution in [3.8, 4) is 0 Å². The van der Waals surface area contributed by atoms with E-state index < -0.39 is 0 Å². The summed E-state index contributed by atoms with van der Waals surface area (Å²) in [5.74, 6) is 0. The van der Waals surface area contributed by atoms with E-state index in [2.05, 4.69) is 0 Å². The molecule has 0 bridgehead atoms. The van der Waals surface area contributed by atoms with Crippen LogP contribution in [-0.4, -0.2) is 18.0 Å². The topological polar surface area (TPSA) is 38.7 Å². The van der Waals surface area contributed by atoms with E-state index in [-0.39, 0.29) is 12.9 Å². The largest absolute Gasteiger partial charge is 0.392 e. The Labute approximate surface area is 96.0 Å². The van der Waals surface area contributed by atoms with Gasteiger partial charge in [-0.1, -0.05) is 24.3 Å². The van der Waals surface area contributed by atoms with Crippen LogP contribution in [0.2, 0.25) is 0 Å². The van der Waals surface area contributed by atoms with Crippen molar-refractivity contribution in [1.82, 2.24) is 0 Å². The Kier molecular flexibility index (Phi) is 4.34. The molecule has 0 aromatic heterocycles. The number of aliphatic hydroxyl groups excluding tert-OH is 1. The van der Waals surface area contributed by atoms with Gasteiger partial charge in [0.05, 0.1) is 13.2 Å². The van der Waals surface area contributed by atoms with Crippen molar-refractivity contribution in [2.75, 3.05) is 6.61 Å². The van der Waals surface area contributed by atoms with Crippen molar-refractivity contribution in [1.29, 1.82) is 0 Å². The highest BCUT2D eigenvalue weighted by molar-refractivity contribution is 5.25. The number of ether oxygens (including phenoxy) is 2. The normalized spacial score (nSPS) is 20.9. The van der Waals surface area contributed by atoms with Crippen LogP contribution in [0.3, 0.4) is 0 Å². The summed E-state index contributed by atoms with van der Waals surface area (Å²) in [5, 5.41) is 9.17. The molecule has 1 aromatic rings. The molecule has 1 atom stereocenters. The summed E-state index contributed by atoms with van der Waals surface area (Å²) in [5.41, 5.74) is 1.97. The Morgan fingerprint density at radius 3 is 2.75 bits per heavy atom. The van der Waals surface area contributed by atoms with Gasteiger partial charge in [0.2, 0.25) is 0 Å². The van der Waals surface area contributed by atoms with Gasteiger partial charge in [-0.25, -0.2) is 0 Å². The smallest absolute Gasteiger partial charge is 0.158 e. The third kappa shape index (κ3) is 3.04. The van der Waals surface area contributed by atoms with E-state index in [0.29, 0.717) is 6.61 Å². The molecular formula is C13H18O3. The predicted molar refractivity (Wildman–Crippen MR) is 60.7 cm³/mol. The Morgan fingerprint density at radius 1 is 1.25 bits per heavy atom. The van der Waals surface area contributed by atoms with Gasteiger partial charge in [0.15, 0.2) is 6.29 Å². The first kappa shape index (κ1) is 11.6. The Morgan fingerprint density at radius 2 is 2.06 bits per heavy atom. The van der Waals surface area contributed by atoms with Crippen molar-refractivity contribution in [3.63, 3.8) is 0 Å². The summed E-state index contributed by atoms with van der Waals surface area (Å²) < 4.78 is 11.2. The van der Waals surface area contributed by atoms with Gasteiger partial charge in [-0.15, -0.1) is 0 Å². The van der Waals surface area contributed by atoms with Gasteiger partial charge in [-0.3, -0.25) is 0 Å². The van der Waals surface area contributed by atoms with Crippen LogP contribution < -0.4 is 0 Å². The van der Waals surface area contributed by atoms with Crippen LogP contribution in [0.15, 0.2) is 24.3 Å². The highest BCUT2D eigenvalue weighted by Gasteiger charge is 2.14. The number of aliphatic hydroxyl groups is 1. The van der Waals surface area contributed by atoms with E-state index in [0.717, 1.165) is 30.6 Å². The summed E-state index contributed by atoms with van der Waals surface area (Å²) in [6.45, 7) is 1.37. The number of rotatable bonds is 4. The SMILES string of the molecule is OCc1ccccc1CO[C@H]1CCCCO1. The first-order chi connectivity index (χ1) is 7.90. The number of hydrogen-bond donors (Lipinski definition) is 1. The monoisotopic (exact) mass is 222 g/mol. The molecule has 1 fully saturated rings. The molecule has 0 saturated carbocycles. The zero-order chi connectivity index (χ0) is 11.2. The van der Waals surface area contributed by atoms with E-state index in [1.54, 1.807) is 0 Å². The quantitative estimate of drug-likeness (QED) is 0.849. The minimum absolute atomic E-state index is 0.0606. The maximum absolute atomic E-state index is 9.17. The maximum Gasteiger partial charge on any atom is 0.158 e. The number of benzene rings is 1. The molecule has 0 radical (unpaired) electrons. The van der Waals surface area contributed by atoms with Crippen molar-refractivity contribution in [2.45, 2.75) is 38.8 Å². The minimum Gasteiger partial charge on any atom is -0.392 e. The molecule has 1 aliphatic heterocycles. The molecule has 2 rings (SSSR count). The lowest BCUT2D eigenvalue weighted by Gasteiger charge is -2.23. The van der Waals surface area contributed by atoms with Crippen molar-refractivity contribution in [3.05, 3.63) is 35.4 Å². The Hall–Kier alpha value is -0.900. The summed E-state index contributed by atoms with van der Waals surface area (Å²) in [7, 11) is 0. The van der Waals surface area contributed by atoms with Gasteiger partial charge in [0, 0.05) is 6.61 Å². The Bertz CT molecular complexity index is 319. The summed E-state index contributed by atoms with van der Waals surface area (Å²) in [6.07, 6.45) is 3.21. The Balaban J connectivity index is 1.88. The van der Waals surface area contributed by atoms with Gasteiger partial charge in [-0.05, 0) is 30.4 Å². The minimum atomic E-state index is -0.0690. The molecule has 0 amide bonds. The average Bonchev–Trinajstić information content (AvgIpc) is 2.38. The predicted octanol–water partition coefficient (Wildman–Crippen LogP) is 2.22. The van der Waals surface area contributed by atoms with E-state index >= 15 is 0 Å². The summed E-state index contributed by atoms with van der Waals surface area (Å²) in [4.78, 5) is 0. The van der Waals surface area contributed by atoms with Crippen LogP contribution in [0.4, 0.5) is 0 Å². The molecule has 16 heavy (non-hydrogen) atoms.